The van der Waals surface area contributed by atoms with Crippen molar-refractivity contribution in [1.29, 1.82) is 0 Å². The van der Waals surface area contributed by atoms with Crippen molar-refractivity contribution < 1.29 is 14.6 Å². The number of ether oxygens (including phenoxy) is 1. The van der Waals surface area contributed by atoms with Crippen LogP contribution < -0.4 is 5.32 Å². The number of carbonyl (C=O) groups excluding carboxylic acids is 1. The van der Waals surface area contributed by atoms with Crippen LogP contribution in [0.25, 0.3) is 0 Å². The van der Waals surface area contributed by atoms with Gasteiger partial charge in [0.2, 0.25) is 0 Å². The molecule has 1 rings (SSSR count). The molecule has 0 aromatic carbocycles. The van der Waals surface area contributed by atoms with E-state index in [1.165, 1.54) is 32.1 Å². The minimum Gasteiger partial charge on any atom is -0.449 e. The Hall–Kier alpha value is -0.770. The molecule has 0 spiro atoms. The van der Waals surface area contributed by atoms with Crippen LogP contribution in [0.3, 0.4) is 0 Å². The van der Waals surface area contributed by atoms with E-state index in [0.717, 1.165) is 0 Å². The summed E-state index contributed by atoms with van der Waals surface area (Å²) in [5.74, 6) is 0.545. The largest absolute Gasteiger partial charge is 0.449 e. The zero-order chi connectivity index (χ0) is 10.2. The first-order valence-electron chi connectivity index (χ1n) is 5.34. The Morgan fingerprint density at radius 1 is 1.36 bits per heavy atom. The number of alkyl carbamates (subject to hydrolysis) is 1. The molecule has 2 N–H and O–H groups in total. The lowest BCUT2D eigenvalue weighted by Crippen LogP contribution is -2.29. The fourth-order valence-corrected chi connectivity index (χ4v) is 1.76. The summed E-state index contributed by atoms with van der Waals surface area (Å²) in [4.78, 5) is 11.0. The van der Waals surface area contributed by atoms with Gasteiger partial charge in [-0.1, -0.05) is 19.3 Å². The van der Waals surface area contributed by atoms with Crippen molar-refractivity contribution in [3.8, 4) is 0 Å². The standard InChI is InChI=1S/C10H19NO3/c12-7-6-11-10(13)14-8-9-4-2-1-3-5-9/h9,12H,1-8H2,(H,11,13). The lowest BCUT2D eigenvalue weighted by molar-refractivity contribution is 0.114. The van der Waals surface area contributed by atoms with Crippen LogP contribution in [0.2, 0.25) is 0 Å². The second kappa shape index (κ2) is 6.65. The van der Waals surface area contributed by atoms with Gasteiger partial charge in [0.25, 0.3) is 0 Å². The molecule has 1 aliphatic rings. The van der Waals surface area contributed by atoms with E-state index in [1.54, 1.807) is 0 Å². The first-order valence-corrected chi connectivity index (χ1v) is 5.34. The fourth-order valence-electron chi connectivity index (χ4n) is 1.76. The Labute approximate surface area is 84.6 Å². The molecule has 1 amide bonds. The van der Waals surface area contributed by atoms with Crippen LogP contribution >= 0.6 is 0 Å². The van der Waals surface area contributed by atoms with E-state index >= 15 is 0 Å². The summed E-state index contributed by atoms with van der Waals surface area (Å²) in [5, 5.41) is 10.9. The summed E-state index contributed by atoms with van der Waals surface area (Å²) >= 11 is 0. The monoisotopic (exact) mass is 201 g/mol. The molecule has 0 aromatic rings. The molecule has 14 heavy (non-hydrogen) atoms. The van der Waals surface area contributed by atoms with Crippen molar-refractivity contribution in [2.45, 2.75) is 32.1 Å². The maximum absolute atomic E-state index is 11.0. The summed E-state index contributed by atoms with van der Waals surface area (Å²) in [5.41, 5.74) is 0. The summed E-state index contributed by atoms with van der Waals surface area (Å²) in [7, 11) is 0. The van der Waals surface area contributed by atoms with Gasteiger partial charge in [0.1, 0.15) is 0 Å². The van der Waals surface area contributed by atoms with Gasteiger partial charge in [-0.3, -0.25) is 0 Å². The smallest absolute Gasteiger partial charge is 0.407 e. The molecule has 1 aliphatic carbocycles. The highest BCUT2D eigenvalue weighted by Crippen LogP contribution is 2.23. The van der Waals surface area contributed by atoms with Crippen LogP contribution in [0.4, 0.5) is 4.79 Å². The number of hydrogen-bond acceptors (Lipinski definition) is 3. The SMILES string of the molecule is O=C(NCCO)OCC1CCCCC1. The quantitative estimate of drug-likeness (QED) is 0.720. The van der Waals surface area contributed by atoms with E-state index in [2.05, 4.69) is 5.32 Å². The minimum atomic E-state index is -0.412. The van der Waals surface area contributed by atoms with E-state index in [-0.39, 0.29) is 13.2 Å². The van der Waals surface area contributed by atoms with Crippen LogP contribution in [-0.4, -0.2) is 31.0 Å². The average Bonchev–Trinajstić information content (AvgIpc) is 2.25. The second-order valence-electron chi connectivity index (χ2n) is 3.75. The van der Waals surface area contributed by atoms with Crippen LogP contribution in [0.5, 0.6) is 0 Å². The number of aliphatic hydroxyl groups is 1. The third kappa shape index (κ3) is 4.46. The first-order chi connectivity index (χ1) is 6.83. The normalized spacial score (nSPS) is 17.8. The van der Waals surface area contributed by atoms with Gasteiger partial charge < -0.3 is 15.2 Å². The van der Waals surface area contributed by atoms with Crippen molar-refractivity contribution in [2.75, 3.05) is 19.8 Å². The maximum Gasteiger partial charge on any atom is 0.407 e. The highest BCUT2D eigenvalue weighted by Gasteiger charge is 2.14. The first kappa shape index (κ1) is 11.3. The molecule has 0 bridgehead atoms. The fraction of sp³-hybridized carbons (Fsp3) is 0.900. The molecule has 0 aliphatic heterocycles. The summed E-state index contributed by atoms with van der Waals surface area (Å²) in [6.07, 6.45) is 5.76. The highest BCUT2D eigenvalue weighted by molar-refractivity contribution is 5.67. The molecule has 4 heteroatoms. The van der Waals surface area contributed by atoms with Gasteiger partial charge in [-0.25, -0.2) is 4.79 Å². The van der Waals surface area contributed by atoms with Crippen molar-refractivity contribution >= 4 is 6.09 Å². The number of rotatable bonds is 4. The van der Waals surface area contributed by atoms with Crippen molar-refractivity contribution in [3.63, 3.8) is 0 Å². The molecule has 0 heterocycles. The molecule has 82 valence electrons. The average molecular weight is 201 g/mol. The Kier molecular flexibility index (Phi) is 5.37. The van der Waals surface area contributed by atoms with Gasteiger partial charge in [-0.15, -0.1) is 0 Å². The zero-order valence-corrected chi connectivity index (χ0v) is 8.50. The summed E-state index contributed by atoms with van der Waals surface area (Å²) < 4.78 is 5.02. The van der Waals surface area contributed by atoms with Crippen molar-refractivity contribution in [3.05, 3.63) is 0 Å². The summed E-state index contributed by atoms with van der Waals surface area (Å²) in [6.45, 7) is 0.749. The third-order valence-electron chi connectivity index (χ3n) is 2.56. The third-order valence-corrected chi connectivity index (χ3v) is 2.56. The number of hydrogen-bond donors (Lipinski definition) is 2. The molecule has 0 saturated heterocycles. The second-order valence-corrected chi connectivity index (χ2v) is 3.75. The topological polar surface area (TPSA) is 58.6 Å². The van der Waals surface area contributed by atoms with Crippen LogP contribution in [0.1, 0.15) is 32.1 Å². The van der Waals surface area contributed by atoms with Gasteiger partial charge in [-0.2, -0.15) is 0 Å². The Balaban J connectivity index is 2.03. The maximum atomic E-state index is 11.0. The number of nitrogens with one attached hydrogen (secondary N) is 1. The minimum absolute atomic E-state index is 0.0431. The summed E-state index contributed by atoms with van der Waals surface area (Å²) in [6, 6.07) is 0. The van der Waals surface area contributed by atoms with E-state index in [1.807, 2.05) is 0 Å². The lowest BCUT2D eigenvalue weighted by atomic mass is 9.90. The molecule has 0 aromatic heterocycles. The highest BCUT2D eigenvalue weighted by atomic mass is 16.5. The van der Waals surface area contributed by atoms with Gasteiger partial charge in [-0.05, 0) is 18.8 Å². The number of carbonyl (C=O) groups is 1. The van der Waals surface area contributed by atoms with Gasteiger partial charge in [0.05, 0.1) is 13.2 Å². The lowest BCUT2D eigenvalue weighted by Gasteiger charge is -2.20. The Bertz CT molecular complexity index is 167. The number of aliphatic hydroxyl groups excluding tert-OH is 1. The molecule has 1 fully saturated rings. The van der Waals surface area contributed by atoms with Crippen LogP contribution in [0.15, 0.2) is 0 Å². The molecule has 1 saturated carbocycles. The van der Waals surface area contributed by atoms with Crippen molar-refractivity contribution in [2.24, 2.45) is 5.92 Å². The van der Waals surface area contributed by atoms with Gasteiger partial charge in [0, 0.05) is 6.54 Å². The predicted octanol–water partition coefficient (Wildman–Crippen LogP) is 1.29. The molecule has 0 unspecified atom stereocenters. The Morgan fingerprint density at radius 2 is 2.07 bits per heavy atom. The molecular formula is C10H19NO3. The van der Waals surface area contributed by atoms with E-state index in [4.69, 9.17) is 9.84 Å². The zero-order valence-electron chi connectivity index (χ0n) is 8.50. The predicted molar refractivity (Wildman–Crippen MR) is 53.0 cm³/mol. The molecule has 4 nitrogen and oxygen atoms in total. The Morgan fingerprint density at radius 3 is 2.71 bits per heavy atom. The van der Waals surface area contributed by atoms with Crippen LogP contribution in [-0.2, 0) is 4.74 Å². The van der Waals surface area contributed by atoms with Crippen molar-refractivity contribution in [1.82, 2.24) is 5.32 Å². The van der Waals surface area contributed by atoms with Gasteiger partial charge >= 0.3 is 6.09 Å². The van der Waals surface area contributed by atoms with E-state index in [0.29, 0.717) is 12.5 Å². The molecular weight excluding hydrogens is 182 g/mol. The molecule has 0 radical (unpaired) electrons. The van der Waals surface area contributed by atoms with E-state index < -0.39 is 6.09 Å². The van der Waals surface area contributed by atoms with E-state index in [9.17, 15) is 4.79 Å². The number of amides is 1. The van der Waals surface area contributed by atoms with Crippen LogP contribution in [0, 0.1) is 5.92 Å². The molecule has 0 atom stereocenters. The van der Waals surface area contributed by atoms with Gasteiger partial charge in [0.15, 0.2) is 0 Å².